The van der Waals surface area contributed by atoms with Crippen LogP contribution >= 0.6 is 0 Å². The van der Waals surface area contributed by atoms with Crippen molar-refractivity contribution in [3.8, 4) is 22.4 Å². The molecule has 2 aliphatic rings. The van der Waals surface area contributed by atoms with E-state index in [0.717, 1.165) is 47.8 Å². The van der Waals surface area contributed by atoms with E-state index in [1.165, 1.54) is 12.1 Å². The van der Waals surface area contributed by atoms with E-state index in [0.29, 0.717) is 45.1 Å². The average Bonchev–Trinajstić information content (AvgIpc) is 3.42. The quantitative estimate of drug-likeness (QED) is 0.182. The lowest BCUT2D eigenvalue weighted by molar-refractivity contribution is -0.122. The second kappa shape index (κ2) is 11.7. The Bertz CT molecular complexity index is 2140. The van der Waals surface area contributed by atoms with Crippen LogP contribution < -0.4 is 15.4 Å². The summed E-state index contributed by atoms with van der Waals surface area (Å²) in [6, 6.07) is 13.8. The molecule has 1 aliphatic heterocycles. The van der Waals surface area contributed by atoms with Gasteiger partial charge in [-0.15, -0.1) is 0 Å². The fourth-order valence-electron chi connectivity index (χ4n) is 5.70. The van der Waals surface area contributed by atoms with Crippen LogP contribution in [0.2, 0.25) is 0 Å². The molecule has 13 heteroatoms. The number of benzene rings is 2. The van der Waals surface area contributed by atoms with Gasteiger partial charge in [-0.3, -0.25) is 19.8 Å². The van der Waals surface area contributed by atoms with Gasteiger partial charge in [-0.2, -0.15) is 0 Å². The van der Waals surface area contributed by atoms with Crippen molar-refractivity contribution in [1.82, 2.24) is 24.7 Å². The molecule has 0 bridgehead atoms. The molecule has 1 atom stereocenters. The molecule has 0 saturated heterocycles. The number of hydrogen-bond acceptors (Lipinski definition) is 8. The maximum atomic E-state index is 14.7. The lowest BCUT2D eigenvalue weighted by atomic mass is 9.85. The fourth-order valence-corrected chi connectivity index (χ4v) is 6.13. The molecule has 0 spiro atoms. The van der Waals surface area contributed by atoms with Gasteiger partial charge in [0.25, 0.3) is 0 Å². The number of aliphatic imine (C=N–C) groups is 1. The number of amides is 1. The third kappa shape index (κ3) is 6.11. The van der Waals surface area contributed by atoms with Crippen molar-refractivity contribution in [3.63, 3.8) is 0 Å². The number of halogens is 1. The van der Waals surface area contributed by atoms with E-state index in [9.17, 15) is 17.6 Å². The number of H-pyrrole nitrogens is 1. The summed E-state index contributed by atoms with van der Waals surface area (Å²) in [5.41, 5.74) is 7.31. The molecule has 3 aromatic heterocycles. The predicted molar refractivity (Wildman–Crippen MR) is 175 cm³/mol. The molecular formula is C33H31FN8O3S. The van der Waals surface area contributed by atoms with Crippen molar-refractivity contribution in [3.05, 3.63) is 89.9 Å². The summed E-state index contributed by atoms with van der Waals surface area (Å²) in [6.45, 7) is 1.90. The lowest BCUT2D eigenvalue weighted by Gasteiger charge is -2.24. The first-order valence-corrected chi connectivity index (χ1v) is 16.8. The molecule has 7 rings (SSSR count). The first-order chi connectivity index (χ1) is 22.1. The number of carbonyl (C=O) groups is 1. The number of para-hydroxylation sites is 1. The molecule has 1 aliphatic carbocycles. The number of pyridine rings is 2. The van der Waals surface area contributed by atoms with E-state index >= 15 is 0 Å². The number of aromatic amines is 1. The van der Waals surface area contributed by atoms with Crippen molar-refractivity contribution in [1.29, 1.82) is 0 Å². The Kier molecular flexibility index (Phi) is 7.57. The van der Waals surface area contributed by atoms with Crippen LogP contribution in [0, 0.1) is 11.7 Å². The predicted octanol–water partition coefficient (Wildman–Crippen LogP) is 5.22. The lowest BCUT2D eigenvalue weighted by Crippen LogP contribution is -2.28. The highest BCUT2D eigenvalue weighted by Gasteiger charge is 2.26. The molecule has 1 amide bonds. The van der Waals surface area contributed by atoms with Gasteiger partial charge in [-0.05, 0) is 67.3 Å². The summed E-state index contributed by atoms with van der Waals surface area (Å²) in [5.74, 6) is 0.119. The van der Waals surface area contributed by atoms with Crippen LogP contribution in [0.4, 0.5) is 15.8 Å². The third-order valence-electron chi connectivity index (χ3n) is 8.17. The van der Waals surface area contributed by atoms with Crippen LogP contribution in [0.5, 0.6) is 0 Å². The SMILES string of the molecule is C[C@H]1N=C(c2nc3c(-c4cc(F)cc(CNS(C)(=O)=O)c4)cccc3[nH]2)c2cc(-c3cncc(NC(=O)C4CCC4)c3)ncc2N1. The third-order valence-corrected chi connectivity index (χ3v) is 8.84. The second-order valence-corrected chi connectivity index (χ2v) is 13.6. The zero-order valence-corrected chi connectivity index (χ0v) is 26.0. The number of aromatic nitrogens is 4. The number of rotatable bonds is 8. The van der Waals surface area contributed by atoms with Crippen LogP contribution in [-0.4, -0.2) is 52.4 Å². The topological polar surface area (TPSA) is 154 Å². The Morgan fingerprint density at radius 3 is 2.67 bits per heavy atom. The van der Waals surface area contributed by atoms with Gasteiger partial charge in [0.15, 0.2) is 5.82 Å². The van der Waals surface area contributed by atoms with Gasteiger partial charge in [0.05, 0.1) is 46.8 Å². The first-order valence-electron chi connectivity index (χ1n) is 14.9. The van der Waals surface area contributed by atoms with E-state index in [1.807, 2.05) is 37.3 Å². The van der Waals surface area contributed by atoms with Gasteiger partial charge >= 0.3 is 0 Å². The van der Waals surface area contributed by atoms with Gasteiger partial charge in [0, 0.05) is 35.3 Å². The van der Waals surface area contributed by atoms with Crippen molar-refractivity contribution >= 4 is 44.1 Å². The monoisotopic (exact) mass is 638 g/mol. The molecule has 4 heterocycles. The van der Waals surface area contributed by atoms with E-state index in [4.69, 9.17) is 9.98 Å². The highest BCUT2D eigenvalue weighted by molar-refractivity contribution is 7.88. The number of fused-ring (bicyclic) bond motifs is 2. The van der Waals surface area contributed by atoms with Gasteiger partial charge in [-0.25, -0.2) is 22.5 Å². The molecule has 4 N–H and O–H groups in total. The number of carbonyl (C=O) groups excluding carboxylic acids is 1. The highest BCUT2D eigenvalue weighted by Crippen LogP contribution is 2.33. The molecule has 46 heavy (non-hydrogen) atoms. The molecule has 1 fully saturated rings. The maximum Gasteiger partial charge on any atom is 0.227 e. The van der Waals surface area contributed by atoms with Crippen LogP contribution in [0.1, 0.15) is 43.1 Å². The molecule has 234 valence electrons. The number of nitrogens with one attached hydrogen (secondary N) is 4. The Morgan fingerprint density at radius 2 is 1.89 bits per heavy atom. The number of imidazole rings is 1. The van der Waals surface area contributed by atoms with Crippen LogP contribution in [0.15, 0.2) is 72.1 Å². The highest BCUT2D eigenvalue weighted by atomic mass is 32.2. The molecule has 2 aromatic carbocycles. The largest absolute Gasteiger partial charge is 0.362 e. The standard InChI is InChI=1S/C33H31FN8O3S/c1-18-38-29-17-36-28(22-12-24(16-35-15-22)40-33(43)20-5-3-6-20)13-26(29)31(39-18)32-41-27-8-4-7-25(30(27)42-32)21-9-19(10-23(34)11-21)14-37-46(2,44)45/h4,7-13,15-18,20,37-38H,3,5-6,14H2,1-2H3,(H,40,43)(H,41,42)/t18-/m1/s1. The average molecular weight is 639 g/mol. The number of hydrogen-bond donors (Lipinski definition) is 4. The molecule has 0 unspecified atom stereocenters. The van der Waals surface area contributed by atoms with Gasteiger partial charge < -0.3 is 15.6 Å². The number of nitrogens with zero attached hydrogens (tertiary/aromatic N) is 4. The molecule has 11 nitrogen and oxygen atoms in total. The molecule has 0 radical (unpaired) electrons. The Hall–Kier alpha value is -5.01. The summed E-state index contributed by atoms with van der Waals surface area (Å²) in [4.78, 5) is 34.7. The van der Waals surface area contributed by atoms with E-state index < -0.39 is 15.8 Å². The molecule has 1 saturated carbocycles. The molecular weight excluding hydrogens is 607 g/mol. The Balaban J connectivity index is 1.24. The number of anilines is 2. The van der Waals surface area contributed by atoms with E-state index in [2.05, 4.69) is 30.3 Å². The Labute approximate surface area is 264 Å². The fraction of sp³-hybridized carbons (Fsp3) is 0.242. The summed E-state index contributed by atoms with van der Waals surface area (Å²) >= 11 is 0. The van der Waals surface area contributed by atoms with E-state index in [-0.39, 0.29) is 24.5 Å². The Morgan fingerprint density at radius 1 is 1.04 bits per heavy atom. The minimum atomic E-state index is -3.45. The summed E-state index contributed by atoms with van der Waals surface area (Å²) in [5, 5.41) is 6.33. The number of sulfonamides is 1. The zero-order valence-electron chi connectivity index (χ0n) is 25.1. The van der Waals surface area contributed by atoms with E-state index in [1.54, 1.807) is 24.7 Å². The van der Waals surface area contributed by atoms with Crippen molar-refractivity contribution in [2.45, 2.75) is 38.9 Å². The van der Waals surface area contributed by atoms with Gasteiger partial charge in [0.1, 0.15) is 17.7 Å². The summed E-state index contributed by atoms with van der Waals surface area (Å²) < 4.78 is 40.3. The maximum absolute atomic E-state index is 14.7. The van der Waals surface area contributed by atoms with Crippen molar-refractivity contribution in [2.24, 2.45) is 10.9 Å². The zero-order chi connectivity index (χ0) is 32.0. The first kappa shape index (κ1) is 29.7. The normalized spacial score (nSPS) is 16.3. The van der Waals surface area contributed by atoms with Crippen molar-refractivity contribution < 1.29 is 17.6 Å². The van der Waals surface area contributed by atoms with Gasteiger partial charge in [0.2, 0.25) is 15.9 Å². The molecule has 5 aromatic rings. The minimum Gasteiger partial charge on any atom is -0.362 e. The van der Waals surface area contributed by atoms with Crippen LogP contribution in [0.25, 0.3) is 33.4 Å². The minimum absolute atomic E-state index is 0.0144. The van der Waals surface area contributed by atoms with Gasteiger partial charge in [-0.1, -0.05) is 18.6 Å². The second-order valence-electron chi connectivity index (χ2n) is 11.7. The van der Waals surface area contributed by atoms with Crippen molar-refractivity contribution in [2.75, 3.05) is 16.9 Å². The van der Waals surface area contributed by atoms with Crippen LogP contribution in [0.3, 0.4) is 0 Å². The summed E-state index contributed by atoms with van der Waals surface area (Å²) in [7, 11) is -3.45. The smallest absolute Gasteiger partial charge is 0.227 e. The van der Waals surface area contributed by atoms with Crippen LogP contribution in [-0.2, 0) is 21.4 Å². The summed E-state index contributed by atoms with van der Waals surface area (Å²) in [6.07, 6.45) is 8.80.